The van der Waals surface area contributed by atoms with Gasteiger partial charge >= 0.3 is 0 Å². The van der Waals surface area contributed by atoms with Crippen LogP contribution < -0.4 is 5.32 Å². The summed E-state index contributed by atoms with van der Waals surface area (Å²) < 4.78 is 22.7. The maximum Gasteiger partial charge on any atom is 0.209 e. The van der Waals surface area contributed by atoms with E-state index in [1.165, 1.54) is 0 Å². The molecule has 2 saturated heterocycles. The minimum atomic E-state index is -2.88. The summed E-state index contributed by atoms with van der Waals surface area (Å²) >= 11 is 5.27. The number of nitrogens with zero attached hydrogens (tertiary/aromatic N) is 2. The molecule has 0 saturated carbocycles. The molecule has 2 rings (SSSR count). The van der Waals surface area contributed by atoms with Crippen LogP contribution in [0.4, 0.5) is 0 Å². The fraction of sp³-hybridized carbons (Fsp3) is 0.800. The van der Waals surface area contributed by atoms with Gasteiger partial charge in [0, 0.05) is 32.2 Å². The van der Waals surface area contributed by atoms with E-state index >= 15 is 0 Å². The Morgan fingerprint density at radius 2 is 1.94 bits per heavy atom. The van der Waals surface area contributed by atoms with Gasteiger partial charge in [-0.05, 0) is 18.6 Å². The molecule has 2 aliphatic rings. The van der Waals surface area contributed by atoms with E-state index in [0.29, 0.717) is 37.7 Å². The Morgan fingerprint density at radius 3 is 2.44 bits per heavy atom. The summed E-state index contributed by atoms with van der Waals surface area (Å²) in [6.07, 6.45) is 1.47. The summed E-state index contributed by atoms with van der Waals surface area (Å²) in [5, 5.41) is 3.71. The van der Waals surface area contributed by atoms with Crippen molar-refractivity contribution in [2.24, 2.45) is 0 Å². The third-order valence-electron chi connectivity index (χ3n) is 3.31. The molecule has 0 spiro atoms. The lowest BCUT2D eigenvalue weighted by atomic mass is 10.3. The highest BCUT2D eigenvalue weighted by Crippen LogP contribution is 2.12. The minimum absolute atomic E-state index is 0.0633. The van der Waals surface area contributed by atoms with Gasteiger partial charge in [0.2, 0.25) is 6.41 Å². The van der Waals surface area contributed by atoms with Gasteiger partial charge in [-0.25, -0.2) is 8.42 Å². The van der Waals surface area contributed by atoms with Crippen LogP contribution in [0.25, 0.3) is 0 Å². The minimum Gasteiger partial charge on any atom is -0.359 e. The summed E-state index contributed by atoms with van der Waals surface area (Å²) in [6, 6.07) is -0.0633. The topological polar surface area (TPSA) is 69.7 Å². The molecule has 6 nitrogen and oxygen atoms in total. The van der Waals surface area contributed by atoms with Gasteiger partial charge in [0.05, 0.1) is 11.5 Å². The predicted molar refractivity (Wildman–Crippen MR) is 72.0 cm³/mol. The Labute approximate surface area is 112 Å². The fourth-order valence-electron chi connectivity index (χ4n) is 2.21. The molecule has 18 heavy (non-hydrogen) atoms. The Balaban J connectivity index is 1.81. The van der Waals surface area contributed by atoms with Crippen LogP contribution in [0.5, 0.6) is 0 Å². The average Bonchev–Trinajstić information content (AvgIpc) is 2.68. The van der Waals surface area contributed by atoms with Crippen LogP contribution >= 0.6 is 12.2 Å². The molecule has 2 heterocycles. The number of rotatable bonds is 2. The number of carbonyl (C=O) groups is 1. The van der Waals surface area contributed by atoms with Crippen LogP contribution in [-0.4, -0.2) is 73.5 Å². The molecule has 0 bridgehead atoms. The van der Waals surface area contributed by atoms with Gasteiger partial charge in [0.15, 0.2) is 14.9 Å². The number of hydrogen-bond donors (Lipinski definition) is 1. The lowest BCUT2D eigenvalue weighted by molar-refractivity contribution is -0.119. The van der Waals surface area contributed by atoms with Crippen molar-refractivity contribution in [3.05, 3.63) is 0 Å². The second kappa shape index (κ2) is 5.40. The first-order chi connectivity index (χ1) is 8.50. The van der Waals surface area contributed by atoms with Crippen molar-refractivity contribution >= 4 is 33.6 Å². The van der Waals surface area contributed by atoms with E-state index in [2.05, 4.69) is 5.32 Å². The molecule has 1 N–H and O–H groups in total. The first-order valence-corrected chi connectivity index (χ1v) is 8.18. The Bertz CT molecular complexity index is 430. The third-order valence-corrected chi connectivity index (χ3v) is 5.45. The highest BCUT2D eigenvalue weighted by atomic mass is 32.2. The molecule has 1 atom stereocenters. The van der Waals surface area contributed by atoms with Crippen molar-refractivity contribution in [1.29, 1.82) is 0 Å². The summed E-state index contributed by atoms with van der Waals surface area (Å²) in [6.45, 7) is 2.72. The van der Waals surface area contributed by atoms with Crippen molar-refractivity contribution < 1.29 is 13.2 Å². The molecule has 0 radical (unpaired) electrons. The van der Waals surface area contributed by atoms with Gasteiger partial charge in [0.1, 0.15) is 0 Å². The number of amides is 1. The number of thiocarbonyl (C=S) groups is 1. The lowest BCUT2D eigenvalue weighted by Crippen LogP contribution is -2.53. The van der Waals surface area contributed by atoms with Crippen molar-refractivity contribution in [1.82, 2.24) is 15.1 Å². The summed E-state index contributed by atoms with van der Waals surface area (Å²) in [7, 11) is -2.88. The van der Waals surface area contributed by atoms with E-state index in [1.807, 2.05) is 4.90 Å². The smallest absolute Gasteiger partial charge is 0.209 e. The van der Waals surface area contributed by atoms with Crippen molar-refractivity contribution in [2.75, 3.05) is 37.7 Å². The zero-order valence-electron chi connectivity index (χ0n) is 10.0. The van der Waals surface area contributed by atoms with Crippen LogP contribution in [0.3, 0.4) is 0 Å². The standard InChI is InChI=1S/C10H17N3O3S2/c14-8-12-2-4-13(5-3-12)10(17)11-9-1-6-18(15,16)7-9/h8-9H,1-7H2,(H,11,17). The van der Waals surface area contributed by atoms with E-state index in [9.17, 15) is 13.2 Å². The predicted octanol–water partition coefficient (Wildman–Crippen LogP) is -1.18. The average molecular weight is 291 g/mol. The van der Waals surface area contributed by atoms with Crippen molar-refractivity contribution in [3.8, 4) is 0 Å². The summed E-state index contributed by atoms with van der Waals surface area (Å²) in [5.41, 5.74) is 0. The molecule has 8 heteroatoms. The van der Waals surface area contributed by atoms with Crippen LogP contribution in [0, 0.1) is 0 Å². The summed E-state index contributed by atoms with van der Waals surface area (Å²) in [4.78, 5) is 14.3. The number of hydrogen-bond acceptors (Lipinski definition) is 4. The molecule has 102 valence electrons. The van der Waals surface area contributed by atoms with Gasteiger partial charge in [-0.1, -0.05) is 0 Å². The largest absolute Gasteiger partial charge is 0.359 e. The van der Waals surface area contributed by atoms with E-state index < -0.39 is 9.84 Å². The van der Waals surface area contributed by atoms with Crippen LogP contribution in [0.2, 0.25) is 0 Å². The van der Waals surface area contributed by atoms with Gasteiger partial charge in [0.25, 0.3) is 0 Å². The van der Waals surface area contributed by atoms with Crippen LogP contribution in [0.15, 0.2) is 0 Å². The van der Waals surface area contributed by atoms with Gasteiger partial charge in [-0.3, -0.25) is 4.79 Å². The van der Waals surface area contributed by atoms with E-state index in [4.69, 9.17) is 12.2 Å². The van der Waals surface area contributed by atoms with Gasteiger partial charge in [-0.2, -0.15) is 0 Å². The van der Waals surface area contributed by atoms with Crippen LogP contribution in [0.1, 0.15) is 6.42 Å². The monoisotopic (exact) mass is 291 g/mol. The molecular weight excluding hydrogens is 274 g/mol. The van der Waals surface area contributed by atoms with Crippen molar-refractivity contribution in [2.45, 2.75) is 12.5 Å². The first-order valence-electron chi connectivity index (χ1n) is 5.95. The molecule has 1 amide bonds. The van der Waals surface area contributed by atoms with Crippen LogP contribution in [-0.2, 0) is 14.6 Å². The molecular formula is C10H17N3O3S2. The second-order valence-electron chi connectivity index (χ2n) is 4.68. The Morgan fingerprint density at radius 1 is 1.28 bits per heavy atom. The molecule has 0 aromatic carbocycles. The molecule has 0 aromatic heterocycles. The Hall–Kier alpha value is -0.890. The second-order valence-corrected chi connectivity index (χ2v) is 7.29. The highest BCUT2D eigenvalue weighted by molar-refractivity contribution is 7.91. The first kappa shape index (κ1) is 13.5. The summed E-state index contributed by atoms with van der Waals surface area (Å²) in [5.74, 6) is 0.410. The van der Waals surface area contributed by atoms with Gasteiger partial charge in [-0.15, -0.1) is 0 Å². The van der Waals surface area contributed by atoms with Gasteiger partial charge < -0.3 is 15.1 Å². The Kier molecular flexibility index (Phi) is 4.06. The number of nitrogens with one attached hydrogen (secondary N) is 1. The SMILES string of the molecule is O=CN1CCN(C(=S)NC2CCS(=O)(=O)C2)CC1. The third kappa shape index (κ3) is 3.32. The molecule has 2 fully saturated rings. The molecule has 0 aliphatic carbocycles. The van der Waals surface area contributed by atoms with Crippen molar-refractivity contribution in [3.63, 3.8) is 0 Å². The number of carbonyl (C=O) groups excluding carboxylic acids is 1. The zero-order valence-corrected chi connectivity index (χ0v) is 11.7. The molecule has 2 aliphatic heterocycles. The maximum atomic E-state index is 11.3. The van der Waals surface area contributed by atoms with E-state index in [-0.39, 0.29) is 17.5 Å². The zero-order chi connectivity index (χ0) is 13.2. The number of sulfone groups is 1. The van der Waals surface area contributed by atoms with E-state index in [0.717, 1.165) is 6.41 Å². The molecule has 1 unspecified atom stereocenters. The molecule has 0 aromatic rings. The quantitative estimate of drug-likeness (QED) is 0.510. The van der Waals surface area contributed by atoms with E-state index in [1.54, 1.807) is 4.90 Å². The number of piperazine rings is 1. The fourth-order valence-corrected chi connectivity index (χ4v) is 4.23. The normalized spacial score (nSPS) is 27.0. The lowest BCUT2D eigenvalue weighted by Gasteiger charge is -2.35. The maximum absolute atomic E-state index is 11.3. The highest BCUT2D eigenvalue weighted by Gasteiger charge is 2.29.